The molecule has 4 heteroatoms. The molecule has 0 saturated heterocycles. The zero-order chi connectivity index (χ0) is 23.1. The van der Waals surface area contributed by atoms with E-state index in [2.05, 4.69) is 64.8 Å². The smallest absolute Gasteiger partial charge is 0.123 e. The van der Waals surface area contributed by atoms with E-state index in [-0.39, 0.29) is 5.60 Å². The Morgan fingerprint density at radius 3 is 2.69 bits per heavy atom. The molecule has 0 aliphatic rings. The van der Waals surface area contributed by atoms with Gasteiger partial charge in [-0.05, 0) is 106 Å². The Labute approximate surface area is 199 Å². The lowest BCUT2D eigenvalue weighted by atomic mass is 10.1. The van der Waals surface area contributed by atoms with Gasteiger partial charge in [0.15, 0.2) is 0 Å². The minimum absolute atomic E-state index is 0.379. The fraction of sp³-hybridized carbons (Fsp3) is 0.500. The van der Waals surface area contributed by atoms with Crippen LogP contribution in [-0.4, -0.2) is 43.3 Å². The molecule has 0 N–H and O–H groups in total. The van der Waals surface area contributed by atoms with Crippen LogP contribution in [0.2, 0.25) is 0 Å². The van der Waals surface area contributed by atoms with E-state index >= 15 is 0 Å². The largest absolute Gasteiger partial charge is 0.494 e. The summed E-state index contributed by atoms with van der Waals surface area (Å²) in [6, 6.07) is 10.5. The fourth-order valence-corrected chi connectivity index (χ4v) is 4.15. The summed E-state index contributed by atoms with van der Waals surface area (Å²) in [5, 5.41) is 4.28. The molecule has 3 nitrogen and oxygen atoms in total. The number of ether oxygens (including phenoxy) is 2. The molecule has 0 unspecified atom stereocenters. The van der Waals surface area contributed by atoms with E-state index in [1.54, 1.807) is 11.3 Å². The third kappa shape index (κ3) is 10.5. The molecule has 2 aromatic rings. The highest BCUT2D eigenvalue weighted by Gasteiger charge is 2.12. The lowest BCUT2D eigenvalue weighted by molar-refractivity contribution is 0.0362. The van der Waals surface area contributed by atoms with Crippen LogP contribution >= 0.6 is 11.3 Å². The van der Waals surface area contributed by atoms with Crippen molar-refractivity contribution in [1.29, 1.82) is 0 Å². The van der Waals surface area contributed by atoms with Crippen molar-refractivity contribution >= 4 is 11.3 Å². The second-order valence-corrected chi connectivity index (χ2v) is 9.14. The Morgan fingerprint density at radius 2 is 1.94 bits per heavy atom. The average Bonchev–Trinajstić information content (AvgIpc) is 3.31. The molecule has 2 rings (SSSR count). The summed E-state index contributed by atoms with van der Waals surface area (Å²) >= 11 is 1.72. The Hall–Kier alpha value is -2.06. The topological polar surface area (TPSA) is 21.7 Å². The third-order valence-electron chi connectivity index (χ3n) is 5.06. The van der Waals surface area contributed by atoms with Gasteiger partial charge in [-0.25, -0.2) is 0 Å². The van der Waals surface area contributed by atoms with E-state index in [4.69, 9.17) is 9.47 Å². The maximum absolute atomic E-state index is 5.99. The summed E-state index contributed by atoms with van der Waals surface area (Å²) in [5.74, 6) is 7.25. The van der Waals surface area contributed by atoms with Gasteiger partial charge in [0.05, 0.1) is 6.61 Å². The molecule has 0 aliphatic carbocycles. The zero-order valence-electron chi connectivity index (χ0n) is 20.2. The van der Waals surface area contributed by atoms with E-state index < -0.39 is 0 Å². The second kappa shape index (κ2) is 14.9. The molecule has 0 amide bonds. The van der Waals surface area contributed by atoms with Crippen LogP contribution in [0, 0.1) is 11.8 Å². The zero-order valence-corrected chi connectivity index (χ0v) is 21.0. The molecule has 0 radical (unpaired) electrons. The molecule has 0 aliphatic heterocycles. The van der Waals surface area contributed by atoms with Crippen LogP contribution in [0.25, 0.3) is 11.1 Å². The predicted molar refractivity (Wildman–Crippen MR) is 138 cm³/mol. The van der Waals surface area contributed by atoms with Crippen molar-refractivity contribution in [2.24, 2.45) is 0 Å². The van der Waals surface area contributed by atoms with Gasteiger partial charge in [-0.1, -0.05) is 37.0 Å². The van der Waals surface area contributed by atoms with Gasteiger partial charge in [0, 0.05) is 13.2 Å². The fourth-order valence-electron chi connectivity index (χ4n) is 3.48. The summed E-state index contributed by atoms with van der Waals surface area (Å²) in [6.07, 6.45) is 8.73. The number of hydrogen-bond donors (Lipinski definition) is 0. The average molecular weight is 454 g/mol. The molecule has 1 heterocycles. The van der Waals surface area contributed by atoms with E-state index in [1.807, 2.05) is 32.9 Å². The second-order valence-electron chi connectivity index (χ2n) is 8.36. The van der Waals surface area contributed by atoms with Gasteiger partial charge in [-0.15, -0.1) is 0 Å². The van der Waals surface area contributed by atoms with Crippen molar-refractivity contribution < 1.29 is 9.47 Å². The van der Waals surface area contributed by atoms with Gasteiger partial charge in [-0.2, -0.15) is 11.3 Å². The number of thiophene rings is 1. The molecule has 174 valence electrons. The van der Waals surface area contributed by atoms with Crippen molar-refractivity contribution in [3.8, 4) is 28.7 Å². The van der Waals surface area contributed by atoms with Gasteiger partial charge >= 0.3 is 0 Å². The summed E-state index contributed by atoms with van der Waals surface area (Å²) < 4.78 is 11.6. The van der Waals surface area contributed by atoms with E-state index in [0.717, 1.165) is 38.4 Å². The highest BCUT2D eigenvalue weighted by Crippen LogP contribution is 2.25. The number of allylic oxidation sites excluding steroid dienone is 1. The third-order valence-corrected chi connectivity index (χ3v) is 5.74. The Balaban J connectivity index is 1.65. The molecular formula is C28H39NO2S. The van der Waals surface area contributed by atoms with Crippen molar-refractivity contribution in [2.75, 3.05) is 32.8 Å². The normalized spacial score (nSPS) is 11.7. The van der Waals surface area contributed by atoms with Crippen molar-refractivity contribution in [3.63, 3.8) is 0 Å². The molecule has 1 aromatic heterocycles. The molecule has 0 fully saturated rings. The standard InChI is InChI=1S/C28H39NO2S/c1-5-18-29(19-10-7-9-17-28(3,4)31-6-2)20-11-8-12-21-30-27-15-13-14-25(23-27)26-16-22-32-24-26/h7,10,13-16,22-24H,5-6,8,11-12,18-21H2,1-4H3/b10-7+. The Bertz CT molecular complexity index is 846. The molecule has 32 heavy (non-hydrogen) atoms. The minimum atomic E-state index is -0.379. The van der Waals surface area contributed by atoms with Gasteiger partial charge in [-0.3, -0.25) is 4.90 Å². The molecule has 1 aromatic carbocycles. The van der Waals surface area contributed by atoms with Crippen LogP contribution in [0.4, 0.5) is 0 Å². The van der Waals surface area contributed by atoms with Crippen LogP contribution < -0.4 is 4.74 Å². The Kier molecular flexibility index (Phi) is 12.2. The van der Waals surface area contributed by atoms with E-state index in [1.165, 1.54) is 30.4 Å². The van der Waals surface area contributed by atoms with Gasteiger partial charge in [0.1, 0.15) is 11.4 Å². The van der Waals surface area contributed by atoms with Gasteiger partial charge in [0.2, 0.25) is 0 Å². The number of rotatable bonds is 14. The van der Waals surface area contributed by atoms with Crippen LogP contribution in [0.15, 0.2) is 53.2 Å². The first kappa shape index (κ1) is 26.2. The maximum atomic E-state index is 5.99. The molecular weight excluding hydrogens is 414 g/mol. The van der Waals surface area contributed by atoms with E-state index in [0.29, 0.717) is 6.61 Å². The first-order valence-corrected chi connectivity index (χ1v) is 12.8. The lowest BCUT2D eigenvalue weighted by Crippen LogP contribution is -2.26. The van der Waals surface area contributed by atoms with Crippen molar-refractivity contribution in [1.82, 2.24) is 4.90 Å². The highest BCUT2D eigenvalue weighted by atomic mass is 32.1. The highest BCUT2D eigenvalue weighted by molar-refractivity contribution is 7.08. The van der Waals surface area contributed by atoms with Crippen LogP contribution in [0.3, 0.4) is 0 Å². The number of nitrogens with zero attached hydrogens (tertiary/aromatic N) is 1. The van der Waals surface area contributed by atoms with Crippen molar-refractivity contribution in [3.05, 3.63) is 53.2 Å². The van der Waals surface area contributed by atoms with Crippen LogP contribution in [0.5, 0.6) is 5.75 Å². The number of unbranched alkanes of at least 4 members (excludes halogenated alkanes) is 2. The summed E-state index contributed by atoms with van der Waals surface area (Å²) in [6.45, 7) is 12.9. The molecule has 0 saturated carbocycles. The summed E-state index contributed by atoms with van der Waals surface area (Å²) in [5.41, 5.74) is 2.10. The van der Waals surface area contributed by atoms with Gasteiger partial charge in [0.25, 0.3) is 0 Å². The Morgan fingerprint density at radius 1 is 1.06 bits per heavy atom. The quantitative estimate of drug-likeness (QED) is 0.226. The predicted octanol–water partition coefficient (Wildman–Crippen LogP) is 7.05. The molecule has 0 spiro atoms. The van der Waals surface area contributed by atoms with Crippen molar-refractivity contribution in [2.45, 2.75) is 59.0 Å². The van der Waals surface area contributed by atoms with E-state index in [9.17, 15) is 0 Å². The lowest BCUT2D eigenvalue weighted by Gasteiger charge is -2.19. The van der Waals surface area contributed by atoms with Crippen LogP contribution in [-0.2, 0) is 4.74 Å². The minimum Gasteiger partial charge on any atom is -0.494 e. The molecule has 0 atom stereocenters. The first-order chi connectivity index (χ1) is 15.5. The molecule has 0 bridgehead atoms. The SMILES string of the molecule is CCCN(C/C=C/C#CC(C)(C)OCC)CCCCCOc1cccc(-c2ccsc2)c1. The van der Waals surface area contributed by atoms with Crippen LogP contribution in [0.1, 0.15) is 53.4 Å². The number of benzene rings is 1. The summed E-state index contributed by atoms with van der Waals surface area (Å²) in [4.78, 5) is 2.50. The maximum Gasteiger partial charge on any atom is 0.123 e. The monoisotopic (exact) mass is 453 g/mol. The number of hydrogen-bond acceptors (Lipinski definition) is 4. The van der Waals surface area contributed by atoms with Gasteiger partial charge < -0.3 is 9.47 Å². The first-order valence-electron chi connectivity index (χ1n) is 11.8. The summed E-state index contributed by atoms with van der Waals surface area (Å²) in [7, 11) is 0.